The van der Waals surface area contributed by atoms with Crippen LogP contribution in [0.2, 0.25) is 0 Å². The molecular weight excluding hydrogens is 540 g/mol. The molecule has 2 heterocycles. The topological polar surface area (TPSA) is 80.3 Å². The van der Waals surface area contributed by atoms with Crippen LogP contribution in [0, 0.1) is 0 Å². The molecule has 0 aliphatic carbocycles. The van der Waals surface area contributed by atoms with E-state index in [1.165, 1.54) is 0 Å². The molecule has 0 saturated carbocycles. The number of carbonyl (C=O) groups excluding carboxylic acids is 2. The molecule has 0 unspecified atom stereocenters. The monoisotopic (exact) mass is 570 g/mol. The van der Waals surface area contributed by atoms with E-state index in [0.717, 1.165) is 3.61 Å². The van der Waals surface area contributed by atoms with Gasteiger partial charge in [0.25, 0.3) is 0 Å². The SMILES string of the molecule is CC1(C)O[C@@H]([C@H]2OC(C)(C)O[C@@H]2C(=O)[Te]c2ccccc2)[C@H](COC(=O)c2ccccc2)O1. The molecule has 0 bridgehead atoms. The van der Waals surface area contributed by atoms with Crippen LogP contribution >= 0.6 is 0 Å². The van der Waals surface area contributed by atoms with E-state index in [9.17, 15) is 9.59 Å². The first kappa shape index (κ1) is 24.3. The van der Waals surface area contributed by atoms with Gasteiger partial charge in [-0.05, 0) is 0 Å². The average Bonchev–Trinajstić information content (AvgIpc) is 3.28. The first-order valence-electron chi connectivity index (χ1n) is 10.8. The summed E-state index contributed by atoms with van der Waals surface area (Å²) in [5.41, 5.74) is 0.454. The molecule has 2 aromatic rings. The molecule has 2 fully saturated rings. The fourth-order valence-corrected chi connectivity index (χ4v) is 6.31. The van der Waals surface area contributed by atoms with Crippen LogP contribution in [-0.4, -0.2) is 73.3 Å². The van der Waals surface area contributed by atoms with Gasteiger partial charge in [0.05, 0.1) is 0 Å². The maximum atomic E-state index is 13.3. The number of rotatable bonds is 7. The number of carbonyl (C=O) groups is 2. The van der Waals surface area contributed by atoms with E-state index >= 15 is 0 Å². The van der Waals surface area contributed by atoms with Crippen molar-refractivity contribution in [1.82, 2.24) is 0 Å². The zero-order chi connectivity index (χ0) is 23.6. The van der Waals surface area contributed by atoms with Crippen LogP contribution in [0.3, 0.4) is 0 Å². The zero-order valence-electron chi connectivity index (χ0n) is 19.1. The first-order valence-corrected chi connectivity index (χ1v) is 13.2. The van der Waals surface area contributed by atoms with Gasteiger partial charge < -0.3 is 0 Å². The van der Waals surface area contributed by atoms with Gasteiger partial charge in [-0.3, -0.25) is 0 Å². The predicted molar refractivity (Wildman–Crippen MR) is 121 cm³/mol. The molecule has 4 atom stereocenters. The van der Waals surface area contributed by atoms with Crippen molar-refractivity contribution in [3.63, 3.8) is 0 Å². The fourth-order valence-electron chi connectivity index (χ4n) is 3.96. The summed E-state index contributed by atoms with van der Waals surface area (Å²) in [6.45, 7) is 7.10. The summed E-state index contributed by atoms with van der Waals surface area (Å²) in [6.07, 6.45) is -2.70. The molecule has 2 aliphatic rings. The molecule has 2 aromatic carbocycles. The molecule has 0 amide bonds. The van der Waals surface area contributed by atoms with Gasteiger partial charge in [-0.15, -0.1) is 0 Å². The summed E-state index contributed by atoms with van der Waals surface area (Å²) in [4.78, 5) is 25.7. The molecule has 0 aromatic heterocycles. The molecule has 0 spiro atoms. The van der Waals surface area contributed by atoms with Crippen LogP contribution < -0.4 is 3.61 Å². The Hall–Kier alpha value is -1.79. The molecule has 0 radical (unpaired) electrons. The van der Waals surface area contributed by atoms with Crippen LogP contribution in [0.25, 0.3) is 0 Å². The number of ether oxygens (including phenoxy) is 5. The number of esters is 1. The third-order valence-electron chi connectivity index (χ3n) is 5.26. The number of hydrogen-bond donors (Lipinski definition) is 0. The molecule has 176 valence electrons. The second kappa shape index (κ2) is 9.83. The fraction of sp³-hybridized carbons (Fsp3) is 0.440. The quantitative estimate of drug-likeness (QED) is 0.375. The van der Waals surface area contributed by atoms with E-state index in [2.05, 4.69) is 0 Å². The second-order valence-corrected chi connectivity index (χ2v) is 11.9. The predicted octanol–water partition coefficient (Wildman–Crippen LogP) is 2.44. The van der Waals surface area contributed by atoms with E-state index < -0.39 is 62.9 Å². The van der Waals surface area contributed by atoms with Crippen LogP contribution in [-0.2, 0) is 28.5 Å². The Morgan fingerprint density at radius 3 is 2.06 bits per heavy atom. The number of hydrogen-bond acceptors (Lipinski definition) is 7. The van der Waals surface area contributed by atoms with Crippen molar-refractivity contribution >= 4 is 34.3 Å². The molecule has 7 nitrogen and oxygen atoms in total. The van der Waals surface area contributed by atoms with Crippen LogP contribution in [0.15, 0.2) is 60.7 Å². The van der Waals surface area contributed by atoms with Gasteiger partial charge in [0.2, 0.25) is 0 Å². The molecule has 0 N–H and O–H groups in total. The van der Waals surface area contributed by atoms with Gasteiger partial charge >= 0.3 is 204 Å². The van der Waals surface area contributed by atoms with Crippen molar-refractivity contribution in [2.45, 2.75) is 63.7 Å². The third-order valence-corrected chi connectivity index (χ3v) is 7.94. The van der Waals surface area contributed by atoms with Crippen molar-refractivity contribution in [2.75, 3.05) is 6.61 Å². The van der Waals surface area contributed by atoms with E-state index in [1.807, 2.05) is 36.4 Å². The van der Waals surface area contributed by atoms with Gasteiger partial charge in [-0.25, -0.2) is 0 Å². The normalized spacial score (nSPS) is 27.9. The van der Waals surface area contributed by atoms with Crippen molar-refractivity contribution in [1.29, 1.82) is 0 Å². The maximum absolute atomic E-state index is 13.3. The van der Waals surface area contributed by atoms with Crippen molar-refractivity contribution in [2.24, 2.45) is 0 Å². The van der Waals surface area contributed by atoms with Crippen LogP contribution in [0.5, 0.6) is 0 Å². The van der Waals surface area contributed by atoms with Gasteiger partial charge in [-0.1, -0.05) is 0 Å². The van der Waals surface area contributed by atoms with E-state index in [4.69, 9.17) is 23.7 Å². The molecule has 8 heteroatoms. The zero-order valence-corrected chi connectivity index (χ0v) is 21.4. The van der Waals surface area contributed by atoms with Crippen molar-refractivity contribution < 1.29 is 33.3 Å². The summed E-state index contributed by atoms with van der Waals surface area (Å²) in [5, 5.41) is 0. The Balaban J connectivity index is 1.50. The molecule has 2 saturated heterocycles. The summed E-state index contributed by atoms with van der Waals surface area (Å²) < 4.78 is 30.9. The van der Waals surface area contributed by atoms with Gasteiger partial charge in [0.15, 0.2) is 0 Å². The Kier molecular flexibility index (Phi) is 7.25. The Bertz CT molecular complexity index is 977. The average molecular weight is 568 g/mol. The minimum absolute atomic E-state index is 0.0236. The molecule has 2 aliphatic heterocycles. The van der Waals surface area contributed by atoms with Crippen LogP contribution in [0.4, 0.5) is 0 Å². The standard InChI is InChI=1S/C25H28O7Te/c1-24(2)29-18(15-28-22(26)16-11-7-5-8-12-16)19(30-24)20-21(32-25(3,4)31-20)23(27)33-17-13-9-6-10-14-17/h5-14,18-21H,15H2,1-4H3/t18-,19+,20+,21-/m0/s1. The number of benzene rings is 2. The van der Waals surface area contributed by atoms with E-state index in [1.54, 1.807) is 52.0 Å². The Labute approximate surface area is 203 Å². The summed E-state index contributed by atoms with van der Waals surface area (Å²) in [5.74, 6) is -2.32. The third kappa shape index (κ3) is 6.02. The van der Waals surface area contributed by atoms with E-state index in [0.29, 0.717) is 5.56 Å². The van der Waals surface area contributed by atoms with Crippen LogP contribution in [0.1, 0.15) is 38.1 Å². The van der Waals surface area contributed by atoms with Crippen molar-refractivity contribution in [3.05, 3.63) is 66.2 Å². The Morgan fingerprint density at radius 1 is 0.818 bits per heavy atom. The van der Waals surface area contributed by atoms with Gasteiger partial charge in [0, 0.05) is 0 Å². The van der Waals surface area contributed by atoms with Crippen molar-refractivity contribution in [3.8, 4) is 0 Å². The summed E-state index contributed by atoms with van der Waals surface area (Å²) in [6, 6.07) is 18.5. The summed E-state index contributed by atoms with van der Waals surface area (Å²) >= 11 is -1.16. The van der Waals surface area contributed by atoms with Gasteiger partial charge in [0.1, 0.15) is 0 Å². The first-order chi connectivity index (χ1) is 15.6. The minimum atomic E-state index is -1.16. The molecular formula is C25H28O7Te. The Morgan fingerprint density at radius 2 is 1.39 bits per heavy atom. The molecule has 4 rings (SSSR count). The second-order valence-electron chi connectivity index (χ2n) is 8.86. The van der Waals surface area contributed by atoms with E-state index in [-0.39, 0.29) is 10.4 Å². The summed E-state index contributed by atoms with van der Waals surface area (Å²) in [7, 11) is 0. The van der Waals surface area contributed by atoms with Gasteiger partial charge in [-0.2, -0.15) is 0 Å². The molecule has 33 heavy (non-hydrogen) atoms.